The third-order valence-corrected chi connectivity index (χ3v) is 3.15. The van der Waals surface area contributed by atoms with Gasteiger partial charge in [0.25, 0.3) is 0 Å². The van der Waals surface area contributed by atoms with E-state index in [9.17, 15) is 4.79 Å². The number of aryl methyl sites for hydroxylation is 1. The molecule has 2 rings (SSSR count). The highest BCUT2D eigenvalue weighted by Gasteiger charge is 2.18. The SMILES string of the molecule is Cc1ccccc1OC(=O)[C@@H](Cl)Cc1ccccc1. The van der Waals surface area contributed by atoms with Crippen LogP contribution in [-0.4, -0.2) is 11.3 Å². The van der Waals surface area contributed by atoms with Crippen LogP contribution in [0.15, 0.2) is 54.6 Å². The molecule has 98 valence electrons. The Morgan fingerprint density at radius 1 is 1.11 bits per heavy atom. The molecular formula is C16H15ClO2. The minimum absolute atomic E-state index is 0.417. The van der Waals surface area contributed by atoms with E-state index in [1.54, 1.807) is 6.07 Å². The van der Waals surface area contributed by atoms with Crippen LogP contribution in [-0.2, 0) is 11.2 Å². The average molecular weight is 275 g/mol. The number of ether oxygens (including phenoxy) is 1. The number of para-hydroxylation sites is 1. The van der Waals surface area contributed by atoms with Gasteiger partial charge >= 0.3 is 5.97 Å². The highest BCUT2D eigenvalue weighted by atomic mass is 35.5. The molecule has 19 heavy (non-hydrogen) atoms. The number of benzene rings is 2. The van der Waals surface area contributed by atoms with E-state index in [1.807, 2.05) is 55.5 Å². The first kappa shape index (κ1) is 13.6. The highest BCUT2D eigenvalue weighted by molar-refractivity contribution is 6.30. The van der Waals surface area contributed by atoms with Crippen molar-refractivity contribution in [2.24, 2.45) is 0 Å². The molecule has 0 radical (unpaired) electrons. The maximum Gasteiger partial charge on any atom is 0.329 e. The quantitative estimate of drug-likeness (QED) is 0.482. The number of esters is 1. The summed E-state index contributed by atoms with van der Waals surface area (Å²) < 4.78 is 5.31. The average Bonchev–Trinajstić information content (AvgIpc) is 2.42. The molecule has 0 bridgehead atoms. The molecule has 2 aromatic rings. The van der Waals surface area contributed by atoms with Gasteiger partial charge in [0.05, 0.1) is 0 Å². The number of hydrogen-bond acceptors (Lipinski definition) is 2. The maximum absolute atomic E-state index is 11.9. The van der Waals surface area contributed by atoms with Crippen molar-refractivity contribution in [3.63, 3.8) is 0 Å². The third-order valence-electron chi connectivity index (χ3n) is 2.82. The molecule has 2 aromatic carbocycles. The van der Waals surface area contributed by atoms with Crippen molar-refractivity contribution in [2.75, 3.05) is 0 Å². The first-order valence-corrected chi connectivity index (χ1v) is 6.56. The lowest BCUT2D eigenvalue weighted by Gasteiger charge is -2.11. The monoisotopic (exact) mass is 274 g/mol. The largest absolute Gasteiger partial charge is 0.425 e. The summed E-state index contributed by atoms with van der Waals surface area (Å²) in [6, 6.07) is 17.0. The van der Waals surface area contributed by atoms with E-state index >= 15 is 0 Å². The first-order chi connectivity index (χ1) is 9.16. The molecule has 1 atom stereocenters. The molecule has 0 aromatic heterocycles. The molecule has 0 spiro atoms. The van der Waals surface area contributed by atoms with Crippen LogP contribution in [0, 0.1) is 6.92 Å². The predicted molar refractivity (Wildman–Crippen MR) is 76.6 cm³/mol. The van der Waals surface area contributed by atoms with Gasteiger partial charge in [-0.05, 0) is 30.5 Å². The van der Waals surface area contributed by atoms with Crippen LogP contribution < -0.4 is 4.74 Å². The molecule has 0 fully saturated rings. The van der Waals surface area contributed by atoms with E-state index in [0.717, 1.165) is 11.1 Å². The smallest absolute Gasteiger partial charge is 0.329 e. The van der Waals surface area contributed by atoms with Gasteiger partial charge in [0.15, 0.2) is 0 Å². The summed E-state index contributed by atoms with van der Waals surface area (Å²) in [6.07, 6.45) is 0.465. The molecule has 0 aliphatic carbocycles. The van der Waals surface area contributed by atoms with Crippen LogP contribution in [0.1, 0.15) is 11.1 Å². The fraction of sp³-hybridized carbons (Fsp3) is 0.188. The van der Waals surface area contributed by atoms with Crippen molar-refractivity contribution in [1.82, 2.24) is 0 Å². The van der Waals surface area contributed by atoms with E-state index in [0.29, 0.717) is 12.2 Å². The normalized spacial score (nSPS) is 11.9. The molecule has 3 heteroatoms. The molecule has 0 heterocycles. The lowest BCUT2D eigenvalue weighted by atomic mass is 10.1. The van der Waals surface area contributed by atoms with E-state index in [1.165, 1.54) is 0 Å². The Hall–Kier alpha value is -1.80. The minimum atomic E-state index is -0.679. The van der Waals surface area contributed by atoms with Gasteiger partial charge in [0.2, 0.25) is 0 Å². The van der Waals surface area contributed by atoms with Crippen molar-refractivity contribution in [1.29, 1.82) is 0 Å². The highest BCUT2D eigenvalue weighted by Crippen LogP contribution is 2.18. The second-order valence-electron chi connectivity index (χ2n) is 4.34. The Morgan fingerprint density at radius 3 is 2.42 bits per heavy atom. The van der Waals surface area contributed by atoms with Gasteiger partial charge in [0.1, 0.15) is 11.1 Å². The standard InChI is InChI=1S/C16H15ClO2/c1-12-7-5-6-10-15(12)19-16(18)14(17)11-13-8-3-2-4-9-13/h2-10,14H,11H2,1H3/t14-/m0/s1. The van der Waals surface area contributed by atoms with Gasteiger partial charge in [-0.15, -0.1) is 11.6 Å². The topological polar surface area (TPSA) is 26.3 Å². The van der Waals surface area contributed by atoms with Crippen LogP contribution in [0.25, 0.3) is 0 Å². The molecule has 0 aliphatic rings. The Kier molecular flexibility index (Phi) is 4.58. The van der Waals surface area contributed by atoms with Crippen LogP contribution >= 0.6 is 11.6 Å². The van der Waals surface area contributed by atoms with Crippen LogP contribution in [0.5, 0.6) is 5.75 Å². The Morgan fingerprint density at radius 2 is 1.74 bits per heavy atom. The third kappa shape index (κ3) is 3.83. The summed E-state index contributed by atoms with van der Waals surface area (Å²) in [5.41, 5.74) is 1.93. The molecule has 0 amide bonds. The van der Waals surface area contributed by atoms with Crippen molar-refractivity contribution < 1.29 is 9.53 Å². The van der Waals surface area contributed by atoms with Gasteiger partial charge in [-0.25, -0.2) is 0 Å². The van der Waals surface area contributed by atoms with Crippen molar-refractivity contribution >= 4 is 17.6 Å². The van der Waals surface area contributed by atoms with Gasteiger partial charge in [-0.2, -0.15) is 0 Å². The zero-order valence-corrected chi connectivity index (χ0v) is 11.4. The van der Waals surface area contributed by atoms with Gasteiger partial charge in [-0.3, -0.25) is 4.79 Å². The molecule has 0 N–H and O–H groups in total. The summed E-state index contributed by atoms with van der Waals surface area (Å²) in [5.74, 6) is 0.144. The lowest BCUT2D eigenvalue weighted by Crippen LogP contribution is -2.23. The summed E-state index contributed by atoms with van der Waals surface area (Å²) >= 11 is 6.09. The first-order valence-electron chi connectivity index (χ1n) is 6.12. The van der Waals surface area contributed by atoms with Gasteiger partial charge < -0.3 is 4.74 Å². The number of alkyl halides is 1. The van der Waals surface area contributed by atoms with Crippen molar-refractivity contribution in [3.8, 4) is 5.75 Å². The second-order valence-corrected chi connectivity index (χ2v) is 4.87. The fourth-order valence-corrected chi connectivity index (χ4v) is 1.97. The number of halogens is 1. The summed E-state index contributed by atoms with van der Waals surface area (Å²) in [4.78, 5) is 11.9. The molecule has 0 saturated heterocycles. The Labute approximate surface area is 118 Å². The lowest BCUT2D eigenvalue weighted by molar-refractivity contribution is -0.134. The molecular weight excluding hydrogens is 260 g/mol. The molecule has 0 saturated carbocycles. The summed E-state index contributed by atoms with van der Waals surface area (Å²) in [6.45, 7) is 1.89. The number of rotatable bonds is 4. The van der Waals surface area contributed by atoms with E-state index < -0.39 is 11.3 Å². The van der Waals surface area contributed by atoms with Crippen molar-refractivity contribution in [3.05, 3.63) is 65.7 Å². The predicted octanol–water partition coefficient (Wildman–Crippen LogP) is 3.75. The molecule has 2 nitrogen and oxygen atoms in total. The van der Waals surface area contributed by atoms with Gasteiger partial charge in [0, 0.05) is 0 Å². The summed E-state index contributed by atoms with van der Waals surface area (Å²) in [7, 11) is 0. The van der Waals surface area contributed by atoms with Crippen LogP contribution in [0.2, 0.25) is 0 Å². The maximum atomic E-state index is 11.9. The van der Waals surface area contributed by atoms with Crippen LogP contribution in [0.4, 0.5) is 0 Å². The van der Waals surface area contributed by atoms with Crippen LogP contribution in [0.3, 0.4) is 0 Å². The Balaban J connectivity index is 1.99. The van der Waals surface area contributed by atoms with E-state index in [2.05, 4.69) is 0 Å². The minimum Gasteiger partial charge on any atom is -0.425 e. The second kappa shape index (κ2) is 6.39. The number of carbonyl (C=O) groups excluding carboxylic acids is 1. The van der Waals surface area contributed by atoms with E-state index in [-0.39, 0.29) is 0 Å². The zero-order valence-electron chi connectivity index (χ0n) is 10.7. The zero-order chi connectivity index (χ0) is 13.7. The van der Waals surface area contributed by atoms with Gasteiger partial charge in [-0.1, -0.05) is 48.5 Å². The Bertz CT molecular complexity index is 552. The van der Waals surface area contributed by atoms with Crippen molar-refractivity contribution in [2.45, 2.75) is 18.7 Å². The number of hydrogen-bond donors (Lipinski definition) is 0. The van der Waals surface area contributed by atoms with E-state index in [4.69, 9.17) is 16.3 Å². The summed E-state index contributed by atoms with van der Waals surface area (Å²) in [5, 5.41) is -0.679. The molecule has 0 aliphatic heterocycles. The number of carbonyl (C=O) groups is 1. The fourth-order valence-electron chi connectivity index (χ4n) is 1.75. The molecule has 0 unspecified atom stereocenters.